The molecule has 0 aromatic rings. The summed E-state index contributed by atoms with van der Waals surface area (Å²) >= 11 is 0. The summed E-state index contributed by atoms with van der Waals surface area (Å²) in [6, 6.07) is 13.1. The molecule has 0 radical (unpaired) electrons. The summed E-state index contributed by atoms with van der Waals surface area (Å²) in [7, 11) is -6.68. The van der Waals surface area contributed by atoms with Crippen LogP contribution in [0.15, 0.2) is 26.3 Å². The Morgan fingerprint density at radius 2 is 0.387 bits per heavy atom. The van der Waals surface area contributed by atoms with Crippen LogP contribution in [0.4, 0.5) is 0 Å². The second-order valence-corrected chi connectivity index (χ2v) is 45.6. The summed E-state index contributed by atoms with van der Waals surface area (Å²) < 4.78 is 77.5. The summed E-state index contributed by atoms with van der Waals surface area (Å²) in [4.78, 5) is 8.81. The van der Waals surface area contributed by atoms with Crippen molar-refractivity contribution in [3.63, 3.8) is 0 Å². The lowest BCUT2D eigenvalue weighted by molar-refractivity contribution is -0.241. The average Bonchev–Trinajstić information content (AvgIpc) is 3.30. The number of hydrogen-bond donors (Lipinski definition) is 8. The van der Waals surface area contributed by atoms with Crippen molar-refractivity contribution in [3.8, 4) is 0 Å². The number of hydrogen-bond acceptors (Lipinski definition) is 23. The third-order valence-electron chi connectivity index (χ3n) is 16.5. The molecule has 0 fully saturated rings. The first-order valence-electron chi connectivity index (χ1n) is 35.1. The molecule has 560 valence electrons. The molecule has 0 aliphatic carbocycles. The van der Waals surface area contributed by atoms with Gasteiger partial charge in [0.05, 0.1) is 178 Å². The van der Waals surface area contributed by atoms with Gasteiger partial charge in [0.1, 0.15) is 12.2 Å². The number of aliphatic hydroxyl groups is 6. The minimum Gasteiger partial charge on any atom is -0.394 e. The van der Waals surface area contributed by atoms with Gasteiger partial charge in [0.15, 0.2) is 0 Å². The summed E-state index contributed by atoms with van der Waals surface area (Å²) in [6.07, 6.45) is 10.5. The Morgan fingerprint density at radius 3 is 0.591 bits per heavy atom. The Hall–Kier alpha value is -0.572. The quantitative estimate of drug-likeness (QED) is 0.00924. The summed E-state index contributed by atoms with van der Waals surface area (Å²) in [5.74, 6) is 0. The van der Waals surface area contributed by atoms with E-state index in [2.05, 4.69) is 62.3 Å². The first-order valence-corrected chi connectivity index (χ1v) is 47.6. The standard InChI is InChI=1S/C62H134O23Si4.2C2H4/c1-86(45-5-23-71-35-17-63,46-6-24-72-36-18-64)51-11-29-78-57-61(82-31-13-53-87(2,47-7-25-73-37-19-65)48-8-26-74-38-20-66)59-80-43-41-77-42-44-81-60-62(83-32-14-54-89(4,56-16-34-85-70)50-10-28-76-40-22-68)58-79-30-12-52-88(3,55-15-33-84-69)49-9-27-75-39-21-67;2*1-2/h61-70H,5-60H2,1-4H3;2*1-2H2. The maximum Gasteiger partial charge on any atom is 0.104 e. The SMILES string of the molecule is C=C.C=C.C[Si](CCCOO)(CCCOCCO)CCCOCC(COCCOCCOCC(COCCC[Si](C)(CCCOCCO)CCCOCCO)OCCC[Si](C)(CCCOCCO)CCCOCCO)OCCC[Si](C)(CCCOO)CCCOCCO. The summed E-state index contributed by atoms with van der Waals surface area (Å²) in [5, 5.41) is 72.9. The third-order valence-corrected chi connectivity index (χ3v) is 35.2. The smallest absolute Gasteiger partial charge is 0.104 e. The second-order valence-electron chi connectivity index (χ2n) is 25.1. The van der Waals surface area contributed by atoms with E-state index in [1.54, 1.807) is 0 Å². The Labute approximate surface area is 568 Å². The zero-order chi connectivity index (χ0) is 69.4. The van der Waals surface area contributed by atoms with Crippen molar-refractivity contribution < 1.29 is 113 Å². The highest BCUT2D eigenvalue weighted by Gasteiger charge is 2.30. The van der Waals surface area contributed by atoms with Crippen LogP contribution in [-0.2, 0) is 71.4 Å². The zero-order valence-corrected chi connectivity index (χ0v) is 63.3. The van der Waals surface area contributed by atoms with Crippen molar-refractivity contribution in [1.29, 1.82) is 0 Å². The summed E-state index contributed by atoms with van der Waals surface area (Å²) in [5.41, 5.74) is 0. The van der Waals surface area contributed by atoms with Crippen molar-refractivity contribution in [2.45, 2.75) is 188 Å². The molecular formula is C66H142O23Si4. The molecule has 93 heavy (non-hydrogen) atoms. The molecular weight excluding hydrogens is 1270 g/mol. The average molecular weight is 1420 g/mol. The van der Waals surface area contributed by atoms with Crippen molar-refractivity contribution in [1.82, 2.24) is 0 Å². The van der Waals surface area contributed by atoms with Crippen molar-refractivity contribution >= 4 is 32.3 Å². The van der Waals surface area contributed by atoms with Gasteiger partial charge in [-0.15, -0.1) is 26.3 Å². The molecule has 4 atom stereocenters. The van der Waals surface area contributed by atoms with Crippen molar-refractivity contribution in [2.75, 3.05) is 211 Å². The molecule has 0 heterocycles. The van der Waals surface area contributed by atoms with E-state index in [1.165, 1.54) is 0 Å². The highest BCUT2D eigenvalue weighted by atomic mass is 28.3. The highest BCUT2D eigenvalue weighted by Crippen LogP contribution is 2.30. The molecule has 4 unspecified atom stereocenters. The summed E-state index contributed by atoms with van der Waals surface area (Å²) in [6.45, 7) is 33.8. The van der Waals surface area contributed by atoms with Crippen LogP contribution in [0.25, 0.3) is 0 Å². The van der Waals surface area contributed by atoms with Crippen LogP contribution in [0, 0.1) is 0 Å². The van der Waals surface area contributed by atoms with Crippen LogP contribution in [0.1, 0.15) is 77.0 Å². The van der Waals surface area contributed by atoms with Crippen LogP contribution in [0.3, 0.4) is 0 Å². The number of aliphatic hydroxyl groups excluding tert-OH is 6. The monoisotopic (exact) mass is 1410 g/mol. The van der Waals surface area contributed by atoms with E-state index in [4.69, 9.17) is 92.5 Å². The van der Waals surface area contributed by atoms with E-state index in [1.807, 2.05) is 0 Å². The molecule has 0 aliphatic rings. The van der Waals surface area contributed by atoms with Gasteiger partial charge in [0.25, 0.3) is 0 Å². The molecule has 0 aromatic heterocycles. The zero-order valence-electron chi connectivity index (χ0n) is 59.3. The van der Waals surface area contributed by atoms with Gasteiger partial charge in [-0.2, -0.15) is 0 Å². The maximum atomic E-state index is 9.19. The fraction of sp³-hybridized carbons (Fsp3) is 0.939. The van der Waals surface area contributed by atoms with Gasteiger partial charge in [-0.25, -0.2) is 9.78 Å². The Kier molecular flexibility index (Phi) is 77.0. The third kappa shape index (κ3) is 65.8. The molecule has 27 heteroatoms. The van der Waals surface area contributed by atoms with Crippen LogP contribution in [-0.4, -0.2) is 297 Å². The van der Waals surface area contributed by atoms with E-state index in [9.17, 15) is 10.2 Å². The molecule has 0 spiro atoms. The van der Waals surface area contributed by atoms with E-state index < -0.39 is 32.3 Å². The molecule has 0 amide bonds. The fourth-order valence-electron chi connectivity index (χ4n) is 11.4. The molecule has 0 aromatic carbocycles. The lowest BCUT2D eigenvalue weighted by atomic mass is 10.4. The highest BCUT2D eigenvalue weighted by molar-refractivity contribution is 6.79. The van der Waals surface area contributed by atoms with Crippen LogP contribution < -0.4 is 0 Å². The Morgan fingerprint density at radius 1 is 0.226 bits per heavy atom. The first kappa shape index (κ1) is 96.6. The Balaban J connectivity index is -0.0000198. The van der Waals surface area contributed by atoms with Crippen LogP contribution >= 0.6 is 0 Å². The normalized spacial score (nSPS) is 13.9. The van der Waals surface area contributed by atoms with E-state index in [0.29, 0.717) is 172 Å². The van der Waals surface area contributed by atoms with Crippen LogP contribution in [0.5, 0.6) is 0 Å². The minimum atomic E-state index is -1.70. The van der Waals surface area contributed by atoms with E-state index >= 15 is 0 Å². The number of rotatable bonds is 76. The topological polar surface area (TPSA) is 300 Å². The van der Waals surface area contributed by atoms with Gasteiger partial charge >= 0.3 is 0 Å². The fourth-order valence-corrected chi connectivity index (χ4v) is 26.4. The predicted molar refractivity (Wildman–Crippen MR) is 380 cm³/mol. The van der Waals surface area contributed by atoms with E-state index in [-0.39, 0.29) is 51.8 Å². The Bertz CT molecular complexity index is 1440. The van der Waals surface area contributed by atoms with Gasteiger partial charge in [0, 0.05) is 66.1 Å². The lowest BCUT2D eigenvalue weighted by Crippen LogP contribution is -2.32. The van der Waals surface area contributed by atoms with Crippen LogP contribution in [0.2, 0.25) is 98.7 Å². The molecule has 8 N–H and O–H groups in total. The predicted octanol–water partition coefficient (Wildman–Crippen LogP) is 9.47. The molecule has 0 bridgehead atoms. The maximum absolute atomic E-state index is 9.19. The molecule has 0 aliphatic heterocycles. The van der Waals surface area contributed by atoms with Gasteiger partial charge < -0.3 is 92.2 Å². The lowest BCUT2D eigenvalue weighted by Gasteiger charge is -2.28. The second kappa shape index (κ2) is 74.1. The van der Waals surface area contributed by atoms with Gasteiger partial charge in [-0.05, 0) is 77.0 Å². The van der Waals surface area contributed by atoms with Gasteiger partial charge in [0.2, 0.25) is 0 Å². The van der Waals surface area contributed by atoms with Gasteiger partial charge in [-0.1, -0.05) is 98.7 Å². The van der Waals surface area contributed by atoms with E-state index in [0.717, 1.165) is 150 Å². The first-order chi connectivity index (χ1) is 45.3. The molecule has 0 saturated carbocycles. The molecule has 23 nitrogen and oxygen atoms in total. The largest absolute Gasteiger partial charge is 0.394 e. The molecule has 0 rings (SSSR count). The van der Waals surface area contributed by atoms with Gasteiger partial charge in [-0.3, -0.25) is 10.5 Å². The minimum absolute atomic E-state index is 0.0138. The van der Waals surface area contributed by atoms with Crippen molar-refractivity contribution in [2.24, 2.45) is 0 Å². The van der Waals surface area contributed by atoms with Crippen molar-refractivity contribution in [3.05, 3.63) is 26.3 Å². The number of ether oxygens (including phenoxy) is 13. The molecule has 0 saturated heterocycles.